The van der Waals surface area contributed by atoms with E-state index in [1.165, 1.54) is 42.5 Å². The van der Waals surface area contributed by atoms with Crippen LogP contribution in [0.1, 0.15) is 87.5 Å². The van der Waals surface area contributed by atoms with E-state index in [0.29, 0.717) is 121 Å². The van der Waals surface area contributed by atoms with E-state index in [1.807, 2.05) is 18.7 Å². The van der Waals surface area contributed by atoms with Crippen molar-refractivity contribution in [1.82, 2.24) is 20.0 Å². The number of amides is 3. The molecular weight excluding hydrogens is 1170 g/mol. The molecule has 4 heterocycles. The number of anilines is 2. The van der Waals surface area contributed by atoms with Gasteiger partial charge in [0, 0.05) is 112 Å². The summed E-state index contributed by atoms with van der Waals surface area (Å²) < 4.78 is 128. The van der Waals surface area contributed by atoms with Gasteiger partial charge < -0.3 is 54.7 Å². The Hall–Kier alpha value is -7.92. The standard InChI is InChI=1S/C28H30F4N4O6.C15H17F3N2O5.C13H15FN2O2.C2H6/c29-18-1-8-24-17(13-18)14-25(42-24)27(38)35-11-9-34(10-12-35)26(37)16-41-21-5-2-19(3-6-21)33-20-4-7-23(36(39)40)22(15-20)28(30,31)32;16-15(17,18)12-7-10(3-6-13(12)20(23)24)19-9-1-4-11(5-2-9)25-8-14(21)22;14-10-1-2-11-9(7-10)8-12(18-11)13(17)16-5-3-15-4-6-16;1-2/h1,4,7-8,13,15,19,21,25,33H,2-3,5-6,9-12,14,16H2;3,6-7,9,11,19H,1-2,4-5,8H2,(H,21,22);1-2,7,12,15H,3-6,8H2;1-2H3. The summed E-state index contributed by atoms with van der Waals surface area (Å²) in [5, 5.41) is 39.5. The zero-order chi connectivity index (χ0) is 63.2. The molecule has 87 heavy (non-hydrogen) atoms. The van der Waals surface area contributed by atoms with E-state index in [9.17, 15) is 74.5 Å². The Morgan fingerprint density at radius 2 is 0.977 bits per heavy atom. The molecule has 4 aromatic rings. The van der Waals surface area contributed by atoms with Crippen molar-refractivity contribution in [1.29, 1.82) is 0 Å². The minimum atomic E-state index is -4.85. The maximum absolute atomic E-state index is 13.5. The number of hydrogen-bond acceptors (Lipinski definition) is 15. The monoisotopic (exact) mass is 1240 g/mol. The summed E-state index contributed by atoms with van der Waals surface area (Å²) in [5.41, 5.74) is -2.81. The van der Waals surface area contributed by atoms with Gasteiger partial charge in [0.05, 0.1) is 22.1 Å². The number of fused-ring (bicyclic) bond motifs is 2. The lowest BCUT2D eigenvalue weighted by atomic mass is 9.92. The molecule has 6 aliphatic rings. The number of nitro groups is 2. The number of nitro benzene ring substituents is 2. The van der Waals surface area contributed by atoms with Crippen LogP contribution in [-0.2, 0) is 53.8 Å². The smallest absolute Gasteiger partial charge is 0.423 e. The topological polar surface area (TPSA) is 258 Å². The normalized spacial score (nSPS) is 21.5. The molecule has 2 saturated carbocycles. The molecule has 4 aromatic carbocycles. The maximum Gasteiger partial charge on any atom is 0.423 e. The molecule has 474 valence electrons. The molecule has 4 aliphatic heterocycles. The minimum absolute atomic E-state index is 0.00751. The third-order valence-corrected chi connectivity index (χ3v) is 15.3. The van der Waals surface area contributed by atoms with Gasteiger partial charge in [0.25, 0.3) is 23.2 Å². The Morgan fingerprint density at radius 3 is 1.37 bits per heavy atom. The van der Waals surface area contributed by atoms with E-state index < -0.39 is 62.9 Å². The molecule has 4 fully saturated rings. The molecule has 21 nitrogen and oxygen atoms in total. The van der Waals surface area contributed by atoms with Crippen molar-refractivity contribution in [2.24, 2.45) is 0 Å². The van der Waals surface area contributed by atoms with Crippen LogP contribution >= 0.6 is 0 Å². The summed E-state index contributed by atoms with van der Waals surface area (Å²) in [5.74, 6) is -0.949. The molecule has 2 unspecified atom stereocenters. The quantitative estimate of drug-likeness (QED) is 0.0521. The highest BCUT2D eigenvalue weighted by molar-refractivity contribution is 5.84. The molecule has 2 aliphatic carbocycles. The van der Waals surface area contributed by atoms with Gasteiger partial charge in [-0.3, -0.25) is 34.6 Å². The molecule has 2 atom stereocenters. The average molecular weight is 1240 g/mol. The fraction of sp³-hybridized carbons (Fsp3) is 0.517. The summed E-state index contributed by atoms with van der Waals surface area (Å²) in [7, 11) is 0. The van der Waals surface area contributed by atoms with Crippen LogP contribution in [0.5, 0.6) is 11.5 Å². The van der Waals surface area contributed by atoms with Gasteiger partial charge in [-0.2, -0.15) is 26.3 Å². The summed E-state index contributed by atoms with van der Waals surface area (Å²) in [4.78, 5) is 73.0. The van der Waals surface area contributed by atoms with Crippen LogP contribution in [0.15, 0.2) is 72.8 Å². The highest BCUT2D eigenvalue weighted by Gasteiger charge is 2.41. The van der Waals surface area contributed by atoms with Crippen LogP contribution in [-0.4, -0.2) is 155 Å². The van der Waals surface area contributed by atoms with Crippen molar-refractivity contribution in [2.75, 3.05) is 76.2 Å². The fourth-order valence-corrected chi connectivity index (χ4v) is 10.9. The lowest BCUT2D eigenvalue weighted by Crippen LogP contribution is -2.54. The van der Waals surface area contributed by atoms with Gasteiger partial charge in [-0.05, 0) is 112 Å². The van der Waals surface area contributed by atoms with Crippen molar-refractivity contribution in [2.45, 2.75) is 127 Å². The van der Waals surface area contributed by atoms with Gasteiger partial charge >= 0.3 is 18.3 Å². The van der Waals surface area contributed by atoms with Gasteiger partial charge in [0.2, 0.25) is 5.91 Å². The van der Waals surface area contributed by atoms with Gasteiger partial charge in [-0.15, -0.1) is 0 Å². The van der Waals surface area contributed by atoms with E-state index in [4.69, 9.17) is 24.1 Å². The molecule has 0 radical (unpaired) electrons. The van der Waals surface area contributed by atoms with E-state index >= 15 is 0 Å². The summed E-state index contributed by atoms with van der Waals surface area (Å²) in [6.07, 6.45) is -5.69. The number of ether oxygens (including phenoxy) is 4. The first-order valence-corrected chi connectivity index (χ1v) is 28.5. The molecule has 10 rings (SSSR count). The lowest BCUT2D eigenvalue weighted by molar-refractivity contribution is -0.388. The largest absolute Gasteiger partial charge is 0.480 e. The van der Waals surface area contributed by atoms with Crippen molar-refractivity contribution in [3.05, 3.63) is 127 Å². The lowest BCUT2D eigenvalue weighted by Gasteiger charge is -2.36. The average Bonchev–Trinajstić information content (AvgIpc) is 2.47. The number of carbonyl (C=O) groups excluding carboxylic acids is 3. The Morgan fingerprint density at radius 1 is 0.586 bits per heavy atom. The van der Waals surface area contributed by atoms with Crippen molar-refractivity contribution >= 4 is 46.4 Å². The van der Waals surface area contributed by atoms with Crippen LogP contribution < -0.4 is 25.4 Å². The second-order valence-electron chi connectivity index (χ2n) is 21.1. The Labute approximate surface area is 494 Å². The summed E-state index contributed by atoms with van der Waals surface area (Å²) >= 11 is 0. The Kier molecular flexibility index (Phi) is 23.1. The third-order valence-electron chi connectivity index (χ3n) is 15.3. The molecule has 0 bridgehead atoms. The molecule has 4 N–H and O–H groups in total. The summed E-state index contributed by atoms with van der Waals surface area (Å²) in [6.45, 7) is 7.99. The first-order valence-electron chi connectivity index (χ1n) is 28.5. The number of nitrogens with zero attached hydrogens (tertiary/aromatic N) is 5. The van der Waals surface area contributed by atoms with Gasteiger partial charge in [0.15, 0.2) is 12.2 Å². The van der Waals surface area contributed by atoms with Gasteiger partial charge in [-0.25, -0.2) is 13.6 Å². The Bertz CT molecular complexity index is 3060. The maximum atomic E-state index is 13.5. The number of aliphatic carboxylic acids is 1. The van der Waals surface area contributed by atoms with E-state index in [0.717, 1.165) is 42.9 Å². The minimum Gasteiger partial charge on any atom is -0.480 e. The number of hydrogen-bond donors (Lipinski definition) is 4. The zero-order valence-electron chi connectivity index (χ0n) is 47.6. The molecule has 2 saturated heterocycles. The van der Waals surface area contributed by atoms with E-state index in [1.54, 1.807) is 15.9 Å². The predicted molar refractivity (Wildman–Crippen MR) is 298 cm³/mol. The van der Waals surface area contributed by atoms with Crippen LogP contribution in [0.4, 0.5) is 57.9 Å². The summed E-state index contributed by atoms with van der Waals surface area (Å²) in [6, 6.07) is 14.0. The first kappa shape index (κ1) is 66.6. The van der Waals surface area contributed by atoms with Crippen molar-refractivity contribution in [3.63, 3.8) is 0 Å². The van der Waals surface area contributed by atoms with Crippen LogP contribution in [0, 0.1) is 31.9 Å². The number of halogens is 8. The Balaban J connectivity index is 0.000000203. The number of benzene rings is 4. The van der Waals surface area contributed by atoms with E-state index in [-0.39, 0.29) is 78.2 Å². The van der Waals surface area contributed by atoms with Crippen LogP contribution in [0.2, 0.25) is 0 Å². The number of carboxylic acids is 1. The van der Waals surface area contributed by atoms with E-state index in [2.05, 4.69) is 16.0 Å². The number of carbonyl (C=O) groups is 4. The number of nitrogens with one attached hydrogen (secondary N) is 3. The second kappa shape index (κ2) is 30.1. The third kappa shape index (κ3) is 18.6. The molecule has 0 spiro atoms. The zero-order valence-corrected chi connectivity index (χ0v) is 47.6. The SMILES string of the molecule is CC.O=C(C1Cc2cc(F)ccc2O1)N1CCNCC1.O=C(COC1CCC(Nc2ccc([N+](=O)[O-])c(C(F)(F)F)c2)CC1)N1CCN(C(=O)C2Cc3cc(F)ccc3O2)CC1.O=C(O)COC1CCC(Nc2ccc([N+](=O)[O-])c(C(F)(F)F)c2)CC1. The first-order chi connectivity index (χ1) is 41.4. The number of rotatable bonds is 14. The predicted octanol–water partition coefficient (Wildman–Crippen LogP) is 9.19. The number of carboxylic acid groups (broad SMARTS) is 1. The van der Waals surface area contributed by atoms with Crippen LogP contribution in [0.25, 0.3) is 0 Å². The molecule has 29 heteroatoms. The number of alkyl halides is 6. The van der Waals surface area contributed by atoms with Gasteiger partial charge in [0.1, 0.15) is 47.5 Å². The number of piperazine rings is 2. The van der Waals surface area contributed by atoms with Gasteiger partial charge in [-0.1, -0.05) is 13.8 Å². The highest BCUT2D eigenvalue weighted by atomic mass is 19.4. The van der Waals surface area contributed by atoms with Crippen molar-refractivity contribution < 1.29 is 88.2 Å². The fourth-order valence-electron chi connectivity index (χ4n) is 10.9. The molecule has 3 amide bonds. The second-order valence-corrected chi connectivity index (χ2v) is 21.1. The molecule has 0 aromatic heterocycles. The molecular formula is C58H68F8N8O13. The highest BCUT2D eigenvalue weighted by Crippen LogP contribution is 2.40. The van der Waals surface area contributed by atoms with Crippen molar-refractivity contribution in [3.8, 4) is 11.5 Å². The van der Waals surface area contributed by atoms with Crippen LogP contribution in [0.3, 0.4) is 0 Å².